The lowest BCUT2D eigenvalue weighted by Crippen LogP contribution is -2.52. The zero-order valence-corrected chi connectivity index (χ0v) is 10.3. The van der Waals surface area contributed by atoms with Crippen LogP contribution in [0.25, 0.3) is 0 Å². The van der Waals surface area contributed by atoms with E-state index < -0.39 is 5.91 Å². The third-order valence-corrected chi connectivity index (χ3v) is 3.56. The summed E-state index contributed by atoms with van der Waals surface area (Å²) in [6, 6.07) is 5.21. The summed E-state index contributed by atoms with van der Waals surface area (Å²) in [6.07, 6.45) is 3.18. The zero-order chi connectivity index (χ0) is 12.5. The molecule has 1 aromatic carbocycles. The fourth-order valence-corrected chi connectivity index (χ4v) is 2.27. The maximum Gasteiger partial charge on any atom is 0.252 e. The fourth-order valence-electron chi connectivity index (χ4n) is 2.00. The Kier molecular flexibility index (Phi) is 3.26. The second kappa shape index (κ2) is 4.55. The lowest BCUT2D eigenvalue weighted by Gasteiger charge is -2.38. The summed E-state index contributed by atoms with van der Waals surface area (Å²) in [5.74, 6) is -0.530. The summed E-state index contributed by atoms with van der Waals surface area (Å²) >= 11 is 5.95. The number of amides is 1. The molecule has 0 bridgehead atoms. The van der Waals surface area contributed by atoms with Crippen LogP contribution in [0.15, 0.2) is 18.2 Å². The van der Waals surface area contributed by atoms with E-state index in [1.54, 1.807) is 18.2 Å². The molecule has 17 heavy (non-hydrogen) atoms. The van der Waals surface area contributed by atoms with E-state index in [0.29, 0.717) is 22.8 Å². The van der Waals surface area contributed by atoms with Crippen molar-refractivity contribution in [2.24, 2.45) is 11.5 Å². The minimum absolute atomic E-state index is 0.156. The molecule has 5 N–H and O–H groups in total. The zero-order valence-electron chi connectivity index (χ0n) is 9.50. The highest BCUT2D eigenvalue weighted by molar-refractivity contribution is 6.34. The normalized spacial score (nSPS) is 17.3. The summed E-state index contributed by atoms with van der Waals surface area (Å²) in [5, 5.41) is 3.53. The van der Waals surface area contributed by atoms with Crippen LogP contribution in [0.5, 0.6) is 0 Å². The Morgan fingerprint density at radius 3 is 2.71 bits per heavy atom. The molecule has 4 nitrogen and oxygen atoms in total. The third-order valence-electron chi connectivity index (χ3n) is 3.24. The van der Waals surface area contributed by atoms with E-state index in [-0.39, 0.29) is 5.54 Å². The first kappa shape index (κ1) is 12.2. The molecule has 0 unspecified atom stereocenters. The first-order chi connectivity index (χ1) is 8.02. The molecule has 1 aliphatic rings. The number of benzene rings is 1. The van der Waals surface area contributed by atoms with E-state index in [9.17, 15) is 4.79 Å². The molecule has 0 atom stereocenters. The van der Waals surface area contributed by atoms with Gasteiger partial charge in [-0.25, -0.2) is 0 Å². The van der Waals surface area contributed by atoms with Gasteiger partial charge in [-0.05, 0) is 31.4 Å². The molecule has 5 heteroatoms. The molecule has 1 saturated carbocycles. The summed E-state index contributed by atoms with van der Waals surface area (Å²) in [6.45, 7) is 0.633. The number of rotatable bonds is 4. The van der Waals surface area contributed by atoms with Gasteiger partial charge in [0.1, 0.15) is 0 Å². The third kappa shape index (κ3) is 2.53. The Labute approximate surface area is 105 Å². The maximum absolute atomic E-state index is 11.3. The highest BCUT2D eigenvalue weighted by Gasteiger charge is 2.32. The highest BCUT2D eigenvalue weighted by atomic mass is 35.5. The summed E-state index contributed by atoms with van der Waals surface area (Å²) in [5.41, 5.74) is 12.2. The smallest absolute Gasteiger partial charge is 0.252 e. The predicted octanol–water partition coefficient (Wildman–Crippen LogP) is 1.73. The van der Waals surface area contributed by atoms with Crippen LogP contribution in [0.4, 0.5) is 5.69 Å². The van der Waals surface area contributed by atoms with Gasteiger partial charge in [0.2, 0.25) is 0 Å². The summed E-state index contributed by atoms with van der Waals surface area (Å²) < 4.78 is 0. The van der Waals surface area contributed by atoms with Gasteiger partial charge in [0.15, 0.2) is 0 Å². The molecule has 2 rings (SSSR count). The van der Waals surface area contributed by atoms with Crippen molar-refractivity contribution >= 4 is 23.2 Å². The molecule has 0 aromatic heterocycles. The topological polar surface area (TPSA) is 81.1 Å². The van der Waals surface area contributed by atoms with Crippen LogP contribution in [0, 0.1) is 0 Å². The number of anilines is 1. The van der Waals surface area contributed by atoms with Crippen LogP contribution in [-0.4, -0.2) is 18.0 Å². The molecule has 1 fully saturated rings. The van der Waals surface area contributed by atoms with E-state index in [4.69, 9.17) is 23.1 Å². The second-order valence-corrected chi connectivity index (χ2v) is 5.00. The van der Waals surface area contributed by atoms with Gasteiger partial charge in [0.25, 0.3) is 5.91 Å². The van der Waals surface area contributed by atoms with Crippen molar-refractivity contribution in [2.75, 3.05) is 11.9 Å². The maximum atomic E-state index is 11.3. The fraction of sp³-hybridized carbons (Fsp3) is 0.417. The average molecular weight is 254 g/mol. The van der Waals surface area contributed by atoms with E-state index in [0.717, 1.165) is 19.3 Å². The number of hydrogen-bond donors (Lipinski definition) is 3. The van der Waals surface area contributed by atoms with Gasteiger partial charge in [-0.15, -0.1) is 0 Å². The van der Waals surface area contributed by atoms with Crippen molar-refractivity contribution in [3.05, 3.63) is 28.8 Å². The van der Waals surface area contributed by atoms with Gasteiger partial charge in [-0.3, -0.25) is 4.79 Å². The van der Waals surface area contributed by atoms with Gasteiger partial charge in [0, 0.05) is 17.8 Å². The van der Waals surface area contributed by atoms with Crippen LogP contribution < -0.4 is 16.8 Å². The Hall–Kier alpha value is -1.26. The molecule has 1 aromatic rings. The van der Waals surface area contributed by atoms with E-state index in [1.807, 2.05) is 0 Å². The molecule has 1 amide bonds. The molecule has 0 spiro atoms. The Morgan fingerprint density at radius 2 is 2.18 bits per heavy atom. The molecule has 0 aliphatic heterocycles. The van der Waals surface area contributed by atoms with Crippen LogP contribution in [-0.2, 0) is 0 Å². The first-order valence-corrected chi connectivity index (χ1v) is 6.01. The van der Waals surface area contributed by atoms with E-state index in [1.165, 1.54) is 0 Å². The van der Waals surface area contributed by atoms with E-state index >= 15 is 0 Å². The van der Waals surface area contributed by atoms with E-state index in [2.05, 4.69) is 5.32 Å². The van der Waals surface area contributed by atoms with Crippen LogP contribution in [0.1, 0.15) is 29.6 Å². The molecular weight excluding hydrogens is 238 g/mol. The Morgan fingerprint density at radius 1 is 1.47 bits per heavy atom. The summed E-state index contributed by atoms with van der Waals surface area (Å²) in [4.78, 5) is 11.3. The SMILES string of the molecule is NC(=O)c1c(Cl)cccc1NCC1(N)CCC1. The first-order valence-electron chi connectivity index (χ1n) is 5.63. The van der Waals surface area contributed by atoms with Gasteiger partial charge in [-0.2, -0.15) is 0 Å². The monoisotopic (exact) mass is 253 g/mol. The van der Waals surface area contributed by atoms with Gasteiger partial charge < -0.3 is 16.8 Å². The molecule has 1 aliphatic carbocycles. The average Bonchev–Trinajstić information content (AvgIpc) is 2.23. The van der Waals surface area contributed by atoms with Crippen molar-refractivity contribution in [3.8, 4) is 0 Å². The van der Waals surface area contributed by atoms with Crippen molar-refractivity contribution in [2.45, 2.75) is 24.8 Å². The van der Waals surface area contributed by atoms with Crippen molar-refractivity contribution in [1.82, 2.24) is 0 Å². The van der Waals surface area contributed by atoms with Crippen molar-refractivity contribution in [1.29, 1.82) is 0 Å². The molecule has 0 saturated heterocycles. The van der Waals surface area contributed by atoms with Gasteiger partial charge >= 0.3 is 0 Å². The number of hydrogen-bond acceptors (Lipinski definition) is 3. The molecular formula is C12H16ClN3O. The number of carbonyl (C=O) groups is 1. The Balaban J connectivity index is 2.15. The standard InChI is InChI=1S/C12H16ClN3O/c13-8-3-1-4-9(10(8)11(14)17)16-7-12(15)5-2-6-12/h1,3-4,16H,2,5-7,15H2,(H2,14,17). The quantitative estimate of drug-likeness (QED) is 0.764. The molecule has 0 radical (unpaired) electrons. The molecule has 92 valence electrons. The largest absolute Gasteiger partial charge is 0.383 e. The number of nitrogens with one attached hydrogen (secondary N) is 1. The number of carbonyl (C=O) groups excluding carboxylic acids is 1. The summed E-state index contributed by atoms with van der Waals surface area (Å²) in [7, 11) is 0. The molecule has 0 heterocycles. The lowest BCUT2D eigenvalue weighted by atomic mass is 9.78. The van der Waals surface area contributed by atoms with Crippen LogP contribution in [0.2, 0.25) is 5.02 Å². The van der Waals surface area contributed by atoms with Gasteiger partial charge in [-0.1, -0.05) is 17.7 Å². The lowest BCUT2D eigenvalue weighted by molar-refractivity contribution is 0.100. The minimum Gasteiger partial charge on any atom is -0.383 e. The minimum atomic E-state index is -0.530. The number of halogens is 1. The van der Waals surface area contributed by atoms with Crippen molar-refractivity contribution < 1.29 is 4.79 Å². The van der Waals surface area contributed by atoms with Gasteiger partial charge in [0.05, 0.1) is 10.6 Å². The number of primary amides is 1. The van der Waals surface area contributed by atoms with Crippen molar-refractivity contribution in [3.63, 3.8) is 0 Å². The highest BCUT2D eigenvalue weighted by Crippen LogP contribution is 2.30. The Bertz CT molecular complexity index is 443. The number of nitrogens with two attached hydrogens (primary N) is 2. The van der Waals surface area contributed by atoms with Crippen LogP contribution >= 0.6 is 11.6 Å². The van der Waals surface area contributed by atoms with Crippen LogP contribution in [0.3, 0.4) is 0 Å². The second-order valence-electron chi connectivity index (χ2n) is 4.60. The predicted molar refractivity (Wildman–Crippen MR) is 69.2 cm³/mol.